The zero-order valence-corrected chi connectivity index (χ0v) is 10.6. The number of nitrogens with zero attached hydrogens (tertiary/aromatic N) is 3. The molecule has 0 fully saturated rings. The summed E-state index contributed by atoms with van der Waals surface area (Å²) in [6, 6.07) is 0.476. The summed E-state index contributed by atoms with van der Waals surface area (Å²) in [7, 11) is 1.94. The first-order valence-corrected chi connectivity index (χ1v) is 6.20. The monoisotopic (exact) mass is 236 g/mol. The van der Waals surface area contributed by atoms with Crippen LogP contribution in [0.5, 0.6) is 0 Å². The van der Waals surface area contributed by atoms with Crippen LogP contribution in [0.4, 0.5) is 0 Å². The Morgan fingerprint density at radius 1 is 1.50 bits per heavy atom. The van der Waals surface area contributed by atoms with Crippen molar-refractivity contribution < 1.29 is 0 Å². The van der Waals surface area contributed by atoms with Crippen LogP contribution >= 0.6 is 11.3 Å². The molecule has 0 atom stereocenters. The maximum atomic E-state index is 4.46. The lowest BCUT2D eigenvalue weighted by molar-refractivity contribution is 0.589. The van der Waals surface area contributed by atoms with E-state index in [0.717, 1.165) is 17.2 Å². The van der Waals surface area contributed by atoms with Crippen molar-refractivity contribution in [2.45, 2.75) is 26.4 Å². The maximum absolute atomic E-state index is 4.46. The molecule has 0 amide bonds. The van der Waals surface area contributed by atoms with E-state index < -0.39 is 0 Å². The molecule has 2 aromatic heterocycles. The van der Waals surface area contributed by atoms with Crippen LogP contribution in [0.1, 0.15) is 19.4 Å². The molecule has 0 aliphatic heterocycles. The molecule has 0 unspecified atom stereocenters. The molecule has 0 radical (unpaired) electrons. The Labute approximate surface area is 99.3 Å². The van der Waals surface area contributed by atoms with Crippen LogP contribution in [0.25, 0.3) is 10.7 Å². The molecular formula is C11H16N4S. The summed E-state index contributed by atoms with van der Waals surface area (Å²) in [4.78, 5) is 4.30. The third-order valence-corrected chi connectivity index (χ3v) is 3.02. The van der Waals surface area contributed by atoms with Crippen LogP contribution in [0.3, 0.4) is 0 Å². The Morgan fingerprint density at radius 2 is 2.31 bits per heavy atom. The molecule has 0 aliphatic carbocycles. The highest BCUT2D eigenvalue weighted by Crippen LogP contribution is 2.23. The first-order valence-electron chi connectivity index (χ1n) is 5.32. The van der Waals surface area contributed by atoms with E-state index in [1.54, 1.807) is 11.3 Å². The molecule has 0 spiro atoms. The fraction of sp³-hybridized carbons (Fsp3) is 0.455. The van der Waals surface area contributed by atoms with Crippen LogP contribution in [0, 0.1) is 0 Å². The second kappa shape index (κ2) is 4.76. The summed E-state index contributed by atoms with van der Waals surface area (Å²) in [5.74, 6) is 0. The smallest absolute Gasteiger partial charge is 0.143 e. The van der Waals surface area contributed by atoms with Crippen molar-refractivity contribution in [3.63, 3.8) is 0 Å². The van der Waals surface area contributed by atoms with E-state index in [2.05, 4.69) is 29.2 Å². The van der Waals surface area contributed by atoms with Crippen LogP contribution in [-0.4, -0.2) is 20.8 Å². The van der Waals surface area contributed by atoms with E-state index in [9.17, 15) is 0 Å². The highest BCUT2D eigenvalue weighted by Gasteiger charge is 2.12. The SMILES string of the molecule is CC(C)NCc1cn(C)nc1-c1nccs1. The molecule has 2 rings (SSSR count). The number of hydrogen-bond donors (Lipinski definition) is 1. The summed E-state index contributed by atoms with van der Waals surface area (Å²) in [5, 5.41) is 10.8. The molecule has 0 saturated heterocycles. The van der Waals surface area contributed by atoms with Gasteiger partial charge in [-0.05, 0) is 0 Å². The number of aromatic nitrogens is 3. The van der Waals surface area contributed by atoms with Crippen molar-refractivity contribution >= 4 is 11.3 Å². The summed E-state index contributed by atoms with van der Waals surface area (Å²) < 4.78 is 1.84. The van der Waals surface area contributed by atoms with Crippen LogP contribution in [0.15, 0.2) is 17.8 Å². The van der Waals surface area contributed by atoms with E-state index >= 15 is 0 Å². The molecule has 4 nitrogen and oxygen atoms in total. The molecule has 2 aromatic rings. The van der Waals surface area contributed by atoms with Crippen molar-refractivity contribution in [1.29, 1.82) is 0 Å². The van der Waals surface area contributed by atoms with Gasteiger partial charge in [0, 0.05) is 43.0 Å². The van der Waals surface area contributed by atoms with E-state index in [4.69, 9.17) is 0 Å². The maximum Gasteiger partial charge on any atom is 0.143 e. The van der Waals surface area contributed by atoms with Gasteiger partial charge in [0.1, 0.15) is 10.7 Å². The predicted octanol–water partition coefficient (Wildman–Crippen LogP) is 2.04. The summed E-state index contributed by atoms with van der Waals surface area (Å²) in [6.45, 7) is 5.11. The average molecular weight is 236 g/mol. The van der Waals surface area contributed by atoms with E-state index in [0.29, 0.717) is 6.04 Å². The van der Waals surface area contributed by atoms with E-state index in [1.807, 2.05) is 29.5 Å². The zero-order chi connectivity index (χ0) is 11.5. The zero-order valence-electron chi connectivity index (χ0n) is 9.77. The van der Waals surface area contributed by atoms with Gasteiger partial charge in [-0.15, -0.1) is 11.3 Å². The van der Waals surface area contributed by atoms with Gasteiger partial charge in [0.15, 0.2) is 0 Å². The Balaban J connectivity index is 2.24. The third-order valence-electron chi connectivity index (χ3n) is 2.24. The summed E-state index contributed by atoms with van der Waals surface area (Å²) in [5.41, 5.74) is 2.19. The second-order valence-corrected chi connectivity index (χ2v) is 4.94. The average Bonchev–Trinajstić information content (AvgIpc) is 2.82. The van der Waals surface area contributed by atoms with Gasteiger partial charge in [-0.25, -0.2) is 4.98 Å². The molecule has 0 saturated carbocycles. The lowest BCUT2D eigenvalue weighted by Gasteiger charge is -2.06. The predicted molar refractivity (Wildman–Crippen MR) is 66.3 cm³/mol. The molecule has 0 aromatic carbocycles. The van der Waals surface area contributed by atoms with Gasteiger partial charge in [0.25, 0.3) is 0 Å². The van der Waals surface area contributed by atoms with Crippen LogP contribution in [-0.2, 0) is 13.6 Å². The van der Waals surface area contributed by atoms with Gasteiger partial charge in [-0.2, -0.15) is 5.10 Å². The number of thiazole rings is 1. The highest BCUT2D eigenvalue weighted by atomic mass is 32.1. The number of rotatable bonds is 4. The highest BCUT2D eigenvalue weighted by molar-refractivity contribution is 7.13. The molecule has 1 N–H and O–H groups in total. The van der Waals surface area contributed by atoms with Crippen molar-refractivity contribution in [3.8, 4) is 10.7 Å². The minimum absolute atomic E-state index is 0.476. The van der Waals surface area contributed by atoms with Gasteiger partial charge in [-0.1, -0.05) is 13.8 Å². The van der Waals surface area contributed by atoms with Crippen LogP contribution in [0.2, 0.25) is 0 Å². The van der Waals surface area contributed by atoms with E-state index in [-0.39, 0.29) is 0 Å². The standard InChI is InChI=1S/C11H16N4S/c1-8(2)13-6-9-7-15(3)14-10(9)11-12-4-5-16-11/h4-5,7-8,13H,6H2,1-3H3. The van der Waals surface area contributed by atoms with Gasteiger partial charge in [-0.3, -0.25) is 4.68 Å². The normalized spacial score (nSPS) is 11.2. The minimum atomic E-state index is 0.476. The number of aryl methyl sites for hydroxylation is 1. The lowest BCUT2D eigenvalue weighted by Crippen LogP contribution is -2.21. The van der Waals surface area contributed by atoms with Gasteiger partial charge in [0.2, 0.25) is 0 Å². The first kappa shape index (κ1) is 11.3. The van der Waals surface area contributed by atoms with Gasteiger partial charge in [0.05, 0.1) is 0 Å². The first-order chi connectivity index (χ1) is 7.66. The summed E-state index contributed by atoms with van der Waals surface area (Å²) >= 11 is 1.62. The Bertz CT molecular complexity index is 445. The van der Waals surface area contributed by atoms with E-state index in [1.165, 1.54) is 5.56 Å². The fourth-order valence-electron chi connectivity index (χ4n) is 1.50. The molecule has 0 bridgehead atoms. The molecular weight excluding hydrogens is 220 g/mol. The number of nitrogens with one attached hydrogen (secondary N) is 1. The Morgan fingerprint density at radius 3 is 2.94 bits per heavy atom. The quantitative estimate of drug-likeness (QED) is 0.883. The van der Waals surface area contributed by atoms with Gasteiger partial charge >= 0.3 is 0 Å². The number of hydrogen-bond acceptors (Lipinski definition) is 4. The third kappa shape index (κ3) is 2.48. The lowest BCUT2D eigenvalue weighted by atomic mass is 10.2. The van der Waals surface area contributed by atoms with Crippen molar-refractivity contribution in [3.05, 3.63) is 23.3 Å². The summed E-state index contributed by atoms with van der Waals surface area (Å²) in [6.07, 6.45) is 3.86. The molecule has 0 aliphatic rings. The topological polar surface area (TPSA) is 42.7 Å². The molecule has 2 heterocycles. The minimum Gasteiger partial charge on any atom is -0.310 e. The van der Waals surface area contributed by atoms with Gasteiger partial charge < -0.3 is 5.32 Å². The molecule has 86 valence electrons. The fourth-order valence-corrected chi connectivity index (χ4v) is 2.16. The Hall–Kier alpha value is -1.20. The van der Waals surface area contributed by atoms with Crippen molar-refractivity contribution in [2.24, 2.45) is 7.05 Å². The second-order valence-electron chi connectivity index (χ2n) is 4.05. The molecule has 5 heteroatoms. The molecule has 16 heavy (non-hydrogen) atoms. The largest absolute Gasteiger partial charge is 0.310 e. The van der Waals surface area contributed by atoms with Crippen molar-refractivity contribution in [1.82, 2.24) is 20.1 Å². The Kier molecular flexibility index (Phi) is 3.36. The van der Waals surface area contributed by atoms with Crippen molar-refractivity contribution in [2.75, 3.05) is 0 Å². The van der Waals surface area contributed by atoms with Crippen LogP contribution < -0.4 is 5.32 Å².